The van der Waals surface area contributed by atoms with Gasteiger partial charge >= 0.3 is 0 Å². The minimum Gasteiger partial charge on any atom is -0.301 e. The van der Waals surface area contributed by atoms with Crippen LogP contribution in [-0.4, -0.2) is 21.0 Å². The smallest absolute Gasteiger partial charge is 0.254 e. The minimum absolute atomic E-state index is 0.00258. The van der Waals surface area contributed by atoms with Crippen molar-refractivity contribution in [2.75, 3.05) is 0 Å². The Hall–Kier alpha value is -1.10. The molecule has 0 spiro atoms. The van der Waals surface area contributed by atoms with Gasteiger partial charge in [0.25, 0.3) is 5.56 Å². The summed E-state index contributed by atoms with van der Waals surface area (Å²) >= 11 is 1.49. The van der Waals surface area contributed by atoms with Gasteiger partial charge in [-0.05, 0) is 49.4 Å². The predicted octanol–water partition coefficient (Wildman–Crippen LogP) is 3.13. The molecule has 5 heteroatoms. The summed E-state index contributed by atoms with van der Waals surface area (Å²) < 4.78 is 0. The van der Waals surface area contributed by atoms with E-state index in [2.05, 4.69) is 30.7 Å². The van der Waals surface area contributed by atoms with Gasteiger partial charge in [-0.1, -0.05) is 32.5 Å². The zero-order valence-corrected chi connectivity index (χ0v) is 14.9. The number of nitrogens with zero attached hydrogens (tertiary/aromatic N) is 1. The molecule has 0 radical (unpaired) electrons. The van der Waals surface area contributed by atoms with Crippen LogP contribution in [0.1, 0.15) is 57.7 Å². The average molecular weight is 332 g/mol. The van der Waals surface area contributed by atoms with Crippen LogP contribution < -0.4 is 5.56 Å². The molecule has 0 aromatic carbocycles. The molecule has 4 nitrogen and oxygen atoms in total. The standard InChI is InChI=1S/C18H24N2O2S/c1-17(2)11-8-9-18(17,3)14(13(11)21)23-16-19-12-7-5-4-6-10(12)15(22)20-16/h11,14H,4-9H2,1-3H3,(H,19,20,22)/t11-,14-,18-/m1/s1. The Morgan fingerprint density at radius 3 is 2.61 bits per heavy atom. The zero-order valence-electron chi connectivity index (χ0n) is 14.1. The number of hydrogen-bond donors (Lipinski definition) is 1. The fraction of sp³-hybridized carbons (Fsp3) is 0.722. The van der Waals surface area contributed by atoms with Gasteiger partial charge in [0.05, 0.1) is 10.9 Å². The Balaban J connectivity index is 1.68. The van der Waals surface area contributed by atoms with Crippen LogP contribution in [-0.2, 0) is 17.6 Å². The first-order valence-corrected chi connectivity index (χ1v) is 9.55. The molecule has 1 aromatic rings. The van der Waals surface area contributed by atoms with Crippen molar-refractivity contribution in [3.05, 3.63) is 21.6 Å². The quantitative estimate of drug-likeness (QED) is 0.845. The van der Waals surface area contributed by atoms with Crippen molar-refractivity contribution in [1.82, 2.24) is 9.97 Å². The molecule has 0 amide bonds. The fourth-order valence-electron chi connectivity index (χ4n) is 4.92. The molecule has 23 heavy (non-hydrogen) atoms. The number of rotatable bonds is 2. The van der Waals surface area contributed by atoms with Crippen LogP contribution in [0.15, 0.2) is 9.95 Å². The van der Waals surface area contributed by atoms with Gasteiger partial charge in [0.15, 0.2) is 5.16 Å². The fourth-order valence-corrected chi connectivity index (χ4v) is 6.42. The van der Waals surface area contributed by atoms with E-state index in [1.807, 2.05) is 0 Å². The third kappa shape index (κ3) is 2.01. The van der Waals surface area contributed by atoms with Crippen LogP contribution in [0, 0.1) is 16.7 Å². The molecule has 4 rings (SSSR count). The Labute approximate surface area is 140 Å². The number of aryl methyl sites for hydroxylation is 1. The Bertz CT molecular complexity index is 739. The maximum Gasteiger partial charge on any atom is 0.254 e. The molecule has 1 heterocycles. The van der Waals surface area contributed by atoms with Gasteiger partial charge in [0.2, 0.25) is 0 Å². The van der Waals surface area contributed by atoms with Crippen LogP contribution in [0.25, 0.3) is 0 Å². The maximum atomic E-state index is 12.8. The number of aromatic nitrogens is 2. The number of nitrogens with one attached hydrogen (secondary N) is 1. The Kier molecular flexibility index (Phi) is 3.32. The molecule has 2 fully saturated rings. The van der Waals surface area contributed by atoms with E-state index in [0.717, 1.165) is 49.8 Å². The summed E-state index contributed by atoms with van der Waals surface area (Å²) in [4.78, 5) is 32.8. The van der Waals surface area contributed by atoms with Gasteiger partial charge < -0.3 is 4.98 Å². The summed E-state index contributed by atoms with van der Waals surface area (Å²) in [5.41, 5.74) is 1.83. The largest absolute Gasteiger partial charge is 0.301 e. The number of aromatic amines is 1. The second-order valence-electron chi connectivity index (χ2n) is 8.13. The van der Waals surface area contributed by atoms with Crippen molar-refractivity contribution >= 4 is 17.5 Å². The molecule has 2 saturated carbocycles. The van der Waals surface area contributed by atoms with Crippen LogP contribution >= 0.6 is 11.8 Å². The number of carbonyl (C=O) groups excluding carboxylic acids is 1. The summed E-state index contributed by atoms with van der Waals surface area (Å²) in [5, 5.41) is 0.555. The van der Waals surface area contributed by atoms with Crippen molar-refractivity contribution in [2.24, 2.45) is 16.7 Å². The van der Waals surface area contributed by atoms with E-state index in [-0.39, 0.29) is 27.6 Å². The number of Topliss-reactive ketones (excluding diaryl/α,β-unsaturated/α-hetero) is 1. The van der Waals surface area contributed by atoms with Gasteiger partial charge in [-0.25, -0.2) is 4.98 Å². The molecular weight excluding hydrogens is 308 g/mol. The van der Waals surface area contributed by atoms with E-state index in [1.165, 1.54) is 11.8 Å². The lowest BCUT2D eigenvalue weighted by Crippen LogP contribution is -2.36. The van der Waals surface area contributed by atoms with Gasteiger partial charge in [-0.3, -0.25) is 9.59 Å². The highest BCUT2D eigenvalue weighted by Crippen LogP contribution is 2.67. The molecule has 3 atom stereocenters. The van der Waals surface area contributed by atoms with E-state index in [1.54, 1.807) is 0 Å². The van der Waals surface area contributed by atoms with Crippen molar-refractivity contribution in [3.8, 4) is 0 Å². The number of carbonyl (C=O) groups is 1. The van der Waals surface area contributed by atoms with Crippen molar-refractivity contribution < 1.29 is 4.79 Å². The number of ketones is 1. The van der Waals surface area contributed by atoms with E-state index >= 15 is 0 Å². The summed E-state index contributed by atoms with van der Waals surface area (Å²) in [5.74, 6) is 0.517. The van der Waals surface area contributed by atoms with Crippen LogP contribution in [0.2, 0.25) is 0 Å². The zero-order chi connectivity index (χ0) is 16.4. The van der Waals surface area contributed by atoms with E-state index in [4.69, 9.17) is 0 Å². The Morgan fingerprint density at radius 1 is 1.17 bits per heavy atom. The second kappa shape index (κ2) is 4.95. The van der Waals surface area contributed by atoms with Crippen molar-refractivity contribution in [2.45, 2.75) is 69.7 Å². The first kappa shape index (κ1) is 15.4. The molecule has 0 aliphatic heterocycles. The molecule has 124 valence electrons. The normalized spacial score (nSPS) is 34.7. The molecule has 0 unspecified atom stereocenters. The van der Waals surface area contributed by atoms with Gasteiger partial charge in [0.1, 0.15) is 5.78 Å². The highest BCUT2D eigenvalue weighted by molar-refractivity contribution is 8.00. The molecule has 2 bridgehead atoms. The lowest BCUT2D eigenvalue weighted by molar-refractivity contribution is -0.122. The van der Waals surface area contributed by atoms with Crippen molar-refractivity contribution in [3.63, 3.8) is 0 Å². The van der Waals surface area contributed by atoms with Crippen LogP contribution in [0.4, 0.5) is 0 Å². The van der Waals surface area contributed by atoms with Crippen LogP contribution in [0.3, 0.4) is 0 Å². The average Bonchev–Trinajstić information content (AvgIpc) is 2.81. The number of hydrogen-bond acceptors (Lipinski definition) is 4. The van der Waals surface area contributed by atoms with E-state index in [9.17, 15) is 9.59 Å². The molecule has 0 saturated heterocycles. The first-order valence-electron chi connectivity index (χ1n) is 8.67. The second-order valence-corrected chi connectivity index (χ2v) is 9.23. The van der Waals surface area contributed by atoms with Gasteiger partial charge in [-0.15, -0.1) is 0 Å². The Morgan fingerprint density at radius 2 is 1.91 bits per heavy atom. The number of fused-ring (bicyclic) bond motifs is 3. The van der Waals surface area contributed by atoms with Gasteiger partial charge in [0, 0.05) is 11.5 Å². The lowest BCUT2D eigenvalue weighted by atomic mass is 9.71. The lowest BCUT2D eigenvalue weighted by Gasteiger charge is -2.37. The van der Waals surface area contributed by atoms with Gasteiger partial charge in [-0.2, -0.15) is 0 Å². The molecule has 1 aromatic heterocycles. The minimum atomic E-state index is -0.0824. The number of H-pyrrole nitrogens is 1. The maximum absolute atomic E-state index is 12.8. The third-order valence-corrected chi connectivity index (χ3v) is 8.28. The van der Waals surface area contributed by atoms with E-state index < -0.39 is 0 Å². The summed E-state index contributed by atoms with van der Waals surface area (Å²) in [7, 11) is 0. The predicted molar refractivity (Wildman–Crippen MR) is 90.8 cm³/mol. The first-order chi connectivity index (χ1) is 10.8. The van der Waals surface area contributed by atoms with E-state index in [0.29, 0.717) is 10.9 Å². The number of thioether (sulfide) groups is 1. The highest BCUT2D eigenvalue weighted by atomic mass is 32.2. The molecule has 1 N–H and O–H groups in total. The third-order valence-electron chi connectivity index (χ3n) is 6.88. The SMILES string of the molecule is CC1(C)[C@@H]2CC[C@]1(C)[C@H](Sc1nc3c(c(=O)[nH]1)CCCC3)C2=O. The highest BCUT2D eigenvalue weighted by Gasteiger charge is 2.66. The monoisotopic (exact) mass is 332 g/mol. The molecule has 3 aliphatic carbocycles. The topological polar surface area (TPSA) is 62.8 Å². The van der Waals surface area contributed by atoms with Crippen LogP contribution in [0.5, 0.6) is 0 Å². The van der Waals surface area contributed by atoms with Crippen molar-refractivity contribution in [1.29, 1.82) is 0 Å². The summed E-state index contributed by atoms with van der Waals surface area (Å²) in [6.07, 6.45) is 5.98. The molecular formula is C18H24N2O2S. The molecule has 3 aliphatic rings. The summed E-state index contributed by atoms with van der Waals surface area (Å²) in [6.45, 7) is 6.70. The summed E-state index contributed by atoms with van der Waals surface area (Å²) in [6, 6.07) is 0.